The van der Waals surface area contributed by atoms with Crippen molar-refractivity contribution in [3.05, 3.63) is 35.3 Å². The first-order valence-corrected chi connectivity index (χ1v) is 11.8. The Labute approximate surface area is 186 Å². The van der Waals surface area contributed by atoms with E-state index in [9.17, 15) is 4.79 Å². The van der Waals surface area contributed by atoms with Gasteiger partial charge in [0, 0.05) is 5.38 Å². The Balaban J connectivity index is 1.86. The molecule has 1 aromatic carbocycles. The van der Waals surface area contributed by atoms with Gasteiger partial charge in [-0.3, -0.25) is 0 Å². The molecule has 0 amide bonds. The summed E-state index contributed by atoms with van der Waals surface area (Å²) in [5.74, 6) is -0.500. The van der Waals surface area contributed by atoms with Crippen molar-refractivity contribution in [1.29, 1.82) is 0 Å². The zero-order chi connectivity index (χ0) is 21.9. The number of thiazole rings is 2. The van der Waals surface area contributed by atoms with Crippen molar-refractivity contribution < 1.29 is 14.4 Å². The predicted molar refractivity (Wildman–Crippen MR) is 127 cm³/mol. The number of thiol groups is 1. The fourth-order valence-corrected chi connectivity index (χ4v) is 4.68. The molecular weight excluding hydrogens is 440 g/mol. The van der Waals surface area contributed by atoms with Gasteiger partial charge in [0.1, 0.15) is 21.3 Å². The number of nitrogens with zero attached hydrogens (tertiary/aromatic N) is 3. The summed E-state index contributed by atoms with van der Waals surface area (Å²) in [6.07, 6.45) is 0. The van der Waals surface area contributed by atoms with E-state index in [1.807, 2.05) is 29.6 Å². The zero-order valence-electron chi connectivity index (χ0n) is 17.4. The number of anilines is 1. The lowest BCUT2D eigenvalue weighted by Crippen LogP contribution is -2.40. The van der Waals surface area contributed by atoms with E-state index in [4.69, 9.17) is 15.3 Å². The number of para-hydroxylation sites is 1. The molecule has 0 saturated heterocycles. The first-order valence-electron chi connectivity index (χ1n) is 9.14. The van der Waals surface area contributed by atoms with Crippen LogP contribution in [-0.4, -0.2) is 38.2 Å². The number of hydrogen-bond donors (Lipinski definition) is 2. The van der Waals surface area contributed by atoms with Gasteiger partial charge in [0.15, 0.2) is 5.13 Å². The van der Waals surface area contributed by atoms with Gasteiger partial charge in [-0.2, -0.15) is 0 Å². The summed E-state index contributed by atoms with van der Waals surface area (Å²) in [5, 5.41) is 8.28. The van der Waals surface area contributed by atoms with Crippen molar-refractivity contribution in [2.24, 2.45) is 5.16 Å². The number of nitrogens with two attached hydrogens (primary N) is 1. The predicted octanol–water partition coefficient (Wildman–Crippen LogP) is 4.50. The van der Waals surface area contributed by atoms with E-state index in [0.717, 1.165) is 25.9 Å². The molecule has 0 aliphatic carbocycles. The highest BCUT2D eigenvalue weighted by molar-refractivity contribution is 8.00. The molecule has 0 saturated carbocycles. The molecule has 0 atom stereocenters. The Hall–Kier alpha value is -2.30. The third-order valence-electron chi connectivity index (χ3n) is 3.63. The van der Waals surface area contributed by atoms with Crippen molar-refractivity contribution in [2.45, 2.75) is 50.2 Å². The van der Waals surface area contributed by atoms with Gasteiger partial charge in [0.05, 0.1) is 10.2 Å². The van der Waals surface area contributed by atoms with Crippen molar-refractivity contribution in [3.63, 3.8) is 0 Å². The molecule has 3 aromatic rings. The Morgan fingerprint density at radius 1 is 1.20 bits per heavy atom. The number of carbonyl (C=O) groups is 1. The molecule has 0 fully saturated rings. The van der Waals surface area contributed by atoms with Crippen molar-refractivity contribution in [3.8, 4) is 0 Å². The topological polar surface area (TPSA) is 99.7 Å². The van der Waals surface area contributed by atoms with E-state index in [0.29, 0.717) is 16.5 Å². The first kappa shape index (κ1) is 22.4. The van der Waals surface area contributed by atoms with Gasteiger partial charge < -0.3 is 15.3 Å². The molecular formula is C20H24N4O3S3. The normalized spacial score (nSPS) is 13.4. The molecule has 30 heavy (non-hydrogen) atoms. The van der Waals surface area contributed by atoms with Crippen LogP contribution in [0.3, 0.4) is 0 Å². The van der Waals surface area contributed by atoms with Crippen LogP contribution in [0, 0.1) is 0 Å². The number of fused-ring (bicyclic) bond motifs is 1. The van der Waals surface area contributed by atoms with Gasteiger partial charge >= 0.3 is 5.97 Å². The van der Waals surface area contributed by atoms with Crippen LogP contribution in [0.25, 0.3) is 10.2 Å². The Morgan fingerprint density at radius 2 is 1.93 bits per heavy atom. The van der Waals surface area contributed by atoms with E-state index >= 15 is 0 Å². The maximum atomic E-state index is 12.4. The highest BCUT2D eigenvalue weighted by Crippen LogP contribution is 2.26. The molecule has 0 spiro atoms. The monoisotopic (exact) mass is 464 g/mol. The van der Waals surface area contributed by atoms with Crippen molar-refractivity contribution in [2.75, 3.05) is 5.73 Å². The lowest BCUT2D eigenvalue weighted by atomic mass is 10.1. The minimum Gasteiger partial charge on any atom is -0.457 e. The number of oxime groups is 1. The molecule has 2 aromatic heterocycles. The van der Waals surface area contributed by atoms with Crippen LogP contribution in [0.15, 0.2) is 39.1 Å². The largest absolute Gasteiger partial charge is 0.457 e. The van der Waals surface area contributed by atoms with Crippen molar-refractivity contribution in [1.82, 2.24) is 9.97 Å². The molecule has 0 aliphatic heterocycles. The van der Waals surface area contributed by atoms with Crippen LogP contribution in [0.1, 0.15) is 40.3 Å². The number of nitrogen functional groups attached to an aromatic ring is 1. The van der Waals surface area contributed by atoms with Gasteiger partial charge in [-0.1, -0.05) is 17.3 Å². The average molecular weight is 465 g/mol. The summed E-state index contributed by atoms with van der Waals surface area (Å²) in [6.45, 7) is 8.64. The van der Waals surface area contributed by atoms with Gasteiger partial charge in [-0.05, 0) is 52.1 Å². The molecule has 7 nitrogen and oxygen atoms in total. The van der Waals surface area contributed by atoms with E-state index in [1.165, 1.54) is 11.3 Å². The lowest BCUT2D eigenvalue weighted by molar-refractivity contribution is -0.179. The summed E-state index contributed by atoms with van der Waals surface area (Å²) in [4.78, 5) is 26.9. The highest BCUT2D eigenvalue weighted by atomic mass is 32.2. The fourth-order valence-electron chi connectivity index (χ4n) is 2.17. The summed E-state index contributed by atoms with van der Waals surface area (Å²) < 4.78 is 7.45. The zero-order valence-corrected chi connectivity index (χ0v) is 19.9. The van der Waals surface area contributed by atoms with Gasteiger partial charge in [0.2, 0.25) is 5.60 Å². The van der Waals surface area contributed by atoms with Crippen LogP contribution in [0.4, 0.5) is 5.13 Å². The second-order valence-corrected chi connectivity index (χ2v) is 11.0. The molecule has 0 unspecified atom stereocenters. The summed E-state index contributed by atoms with van der Waals surface area (Å²) in [7, 11) is 0. The van der Waals surface area contributed by atoms with E-state index in [1.54, 1.807) is 51.3 Å². The number of ether oxygens (including phenoxy) is 1. The Kier molecular flexibility index (Phi) is 6.59. The quantitative estimate of drug-likeness (QED) is 0.183. The SMILES string of the molecule is CC(C)(C)OC(=O)C(C)(C)O/N=C(\C=[SH]/c1nc2ccccc2s1)c1csc(N)n1. The van der Waals surface area contributed by atoms with Crippen LogP contribution >= 0.6 is 34.0 Å². The van der Waals surface area contributed by atoms with E-state index < -0.39 is 17.2 Å². The number of benzene rings is 1. The lowest BCUT2D eigenvalue weighted by Gasteiger charge is -2.26. The number of hydrogen-bond acceptors (Lipinski definition) is 9. The summed E-state index contributed by atoms with van der Waals surface area (Å²) in [6, 6.07) is 7.97. The highest BCUT2D eigenvalue weighted by Gasteiger charge is 2.35. The Morgan fingerprint density at radius 3 is 2.57 bits per heavy atom. The van der Waals surface area contributed by atoms with E-state index in [2.05, 4.69) is 15.1 Å². The summed E-state index contributed by atoms with van der Waals surface area (Å²) >= 11 is 3.75. The maximum Gasteiger partial charge on any atom is 0.353 e. The molecule has 0 aliphatic rings. The maximum absolute atomic E-state index is 12.4. The molecule has 2 heterocycles. The minimum absolute atomic E-state index is 0.425. The number of aromatic nitrogens is 2. The number of carbonyl (C=O) groups excluding carboxylic acids is 1. The molecule has 0 radical (unpaired) electrons. The number of esters is 1. The van der Waals surface area contributed by atoms with Gasteiger partial charge in [0.25, 0.3) is 0 Å². The molecule has 3 rings (SSSR count). The molecule has 160 valence electrons. The second-order valence-electron chi connectivity index (χ2n) is 7.87. The van der Waals surface area contributed by atoms with Crippen LogP contribution in [0.5, 0.6) is 0 Å². The van der Waals surface area contributed by atoms with Crippen LogP contribution < -0.4 is 5.73 Å². The molecule has 10 heteroatoms. The average Bonchev–Trinajstić information content (AvgIpc) is 3.26. The standard InChI is InChI=1S/C20H24N4O3S3/c1-19(2,3)26-16(25)20(4,5)27-24-14(13-10-28-17(21)22-13)11-29-18-23-12-8-6-7-9-15(12)30-18/h6-11,29H,1-5H3,(H2,21,22)/b24-14+. The van der Waals surface area contributed by atoms with Gasteiger partial charge in [-0.25, -0.2) is 14.8 Å². The first-order chi connectivity index (χ1) is 14.0. The second kappa shape index (κ2) is 8.83. The number of rotatable bonds is 6. The van der Waals surface area contributed by atoms with E-state index in [-0.39, 0.29) is 0 Å². The van der Waals surface area contributed by atoms with Crippen LogP contribution in [-0.2, 0) is 14.4 Å². The third-order valence-corrected chi connectivity index (χ3v) is 6.42. The third kappa shape index (κ3) is 5.87. The fraction of sp³-hybridized carbons (Fsp3) is 0.350. The minimum atomic E-state index is -1.26. The smallest absolute Gasteiger partial charge is 0.353 e. The van der Waals surface area contributed by atoms with Crippen molar-refractivity contribution >= 4 is 66.4 Å². The molecule has 2 N–H and O–H groups in total. The Bertz CT molecular complexity index is 1080. The van der Waals surface area contributed by atoms with Gasteiger partial charge in [-0.15, -0.1) is 34.0 Å². The summed E-state index contributed by atoms with van der Waals surface area (Å²) in [5.41, 5.74) is 5.91. The molecule has 0 bridgehead atoms. The van der Waals surface area contributed by atoms with Crippen LogP contribution in [0.2, 0.25) is 0 Å².